The Bertz CT molecular complexity index is 244. The molecule has 0 aromatic rings. The Labute approximate surface area is 85.4 Å². The summed E-state index contributed by atoms with van der Waals surface area (Å²) in [6.45, 7) is 0. The molecule has 0 heterocycles. The van der Waals surface area contributed by atoms with E-state index in [1.54, 1.807) is 0 Å². The second kappa shape index (κ2) is 6.50. The van der Waals surface area contributed by atoms with Crippen LogP contribution in [-0.4, -0.2) is 39.9 Å². The van der Waals surface area contributed by atoms with Crippen molar-refractivity contribution in [2.75, 3.05) is 12.8 Å². The highest BCUT2D eigenvalue weighted by molar-refractivity contribution is 8.13. The van der Waals surface area contributed by atoms with Crippen molar-refractivity contribution in [1.82, 2.24) is 0 Å². The van der Waals surface area contributed by atoms with E-state index in [0.717, 1.165) is 18.8 Å². The van der Waals surface area contributed by atoms with E-state index in [0.29, 0.717) is 18.6 Å². The van der Waals surface area contributed by atoms with E-state index in [1.807, 2.05) is 0 Å². The summed E-state index contributed by atoms with van der Waals surface area (Å²) < 4.78 is 0.238. The van der Waals surface area contributed by atoms with Crippen molar-refractivity contribution in [3.05, 3.63) is 4.91 Å². The van der Waals surface area contributed by atoms with Crippen LogP contribution < -0.4 is 5.73 Å². The maximum absolute atomic E-state index is 10.8. The zero-order valence-electron chi connectivity index (χ0n) is 7.80. The number of nitrogens with zero attached hydrogens (tertiary/aromatic N) is 1. The van der Waals surface area contributed by atoms with Crippen molar-refractivity contribution in [3.63, 3.8) is 0 Å². The normalized spacial score (nSPS) is 12.1. The number of nitroso groups, excluding NO2 is 1. The standard InChI is InChI=1S/C7H12N2O4S/c1-9(13)7(12)14-4-2-3-5(8)6(10)11/h5H,2-4,8H2,1H3/p+1. The second-order valence-corrected chi connectivity index (χ2v) is 3.74. The third kappa shape index (κ3) is 5.65. The van der Waals surface area contributed by atoms with Gasteiger partial charge in [-0.3, -0.25) is 4.79 Å². The van der Waals surface area contributed by atoms with Crippen LogP contribution in [-0.2, 0) is 4.79 Å². The van der Waals surface area contributed by atoms with Gasteiger partial charge in [-0.1, -0.05) is 0 Å². The zero-order chi connectivity index (χ0) is 11.1. The number of nitrogens with two attached hydrogens (primary N) is 1. The summed E-state index contributed by atoms with van der Waals surface area (Å²) in [7, 11) is 1.12. The lowest BCUT2D eigenvalue weighted by atomic mass is 10.2. The van der Waals surface area contributed by atoms with Crippen molar-refractivity contribution < 1.29 is 19.5 Å². The Morgan fingerprint density at radius 3 is 2.57 bits per heavy atom. The first-order valence-electron chi connectivity index (χ1n) is 4.01. The van der Waals surface area contributed by atoms with Crippen molar-refractivity contribution in [2.45, 2.75) is 18.9 Å². The SMILES string of the molecule is C[N+](=O)C(=O)SCCCC(N)C(=O)O. The molecule has 0 aliphatic rings. The van der Waals surface area contributed by atoms with Gasteiger partial charge in [0.15, 0.2) is 7.05 Å². The molecule has 0 aliphatic heterocycles. The lowest BCUT2D eigenvalue weighted by Crippen LogP contribution is -2.29. The molecule has 80 valence electrons. The smallest absolute Gasteiger partial charge is 0.480 e. The van der Waals surface area contributed by atoms with E-state index >= 15 is 0 Å². The van der Waals surface area contributed by atoms with E-state index in [1.165, 1.54) is 0 Å². The Hall–Kier alpha value is -0.950. The Balaban J connectivity index is 3.52. The van der Waals surface area contributed by atoms with E-state index in [2.05, 4.69) is 0 Å². The van der Waals surface area contributed by atoms with Crippen LogP contribution in [0.5, 0.6) is 0 Å². The number of hydrogen-bond donors (Lipinski definition) is 2. The fourth-order valence-corrected chi connectivity index (χ4v) is 1.34. The summed E-state index contributed by atoms with van der Waals surface area (Å²) in [5.74, 6) is -0.644. The molecule has 0 bridgehead atoms. The lowest BCUT2D eigenvalue weighted by Gasteiger charge is -2.03. The number of carboxylic acid groups (broad SMARTS) is 1. The summed E-state index contributed by atoms with van der Waals surface area (Å²) in [5, 5.41) is 7.85. The lowest BCUT2D eigenvalue weighted by molar-refractivity contribution is -0.404. The quantitative estimate of drug-likeness (QED) is 0.516. The Kier molecular flexibility index (Phi) is 6.06. The van der Waals surface area contributed by atoms with Crippen molar-refractivity contribution in [3.8, 4) is 0 Å². The average molecular weight is 221 g/mol. The molecule has 6 nitrogen and oxygen atoms in total. The number of carbonyl (C=O) groups is 2. The van der Waals surface area contributed by atoms with Crippen molar-refractivity contribution in [2.24, 2.45) is 5.73 Å². The molecule has 1 unspecified atom stereocenters. The maximum Gasteiger partial charge on any atom is 0.494 e. The molecule has 0 rings (SSSR count). The molecule has 1 amide bonds. The molecule has 0 aromatic carbocycles. The molecule has 7 heteroatoms. The number of thioether (sulfide) groups is 1. The summed E-state index contributed by atoms with van der Waals surface area (Å²) in [6.07, 6.45) is 0.801. The molecule has 0 radical (unpaired) electrons. The van der Waals surface area contributed by atoms with Crippen LogP contribution in [0.3, 0.4) is 0 Å². The van der Waals surface area contributed by atoms with E-state index in [4.69, 9.17) is 10.8 Å². The van der Waals surface area contributed by atoms with Gasteiger partial charge in [-0.05, 0) is 24.6 Å². The first kappa shape index (κ1) is 13.1. The van der Waals surface area contributed by atoms with E-state index in [9.17, 15) is 14.5 Å². The van der Waals surface area contributed by atoms with Crippen molar-refractivity contribution in [1.29, 1.82) is 0 Å². The number of carboxylic acids is 1. The van der Waals surface area contributed by atoms with Gasteiger partial charge in [-0.15, -0.1) is 0 Å². The molecule has 0 saturated heterocycles. The third-order valence-corrected chi connectivity index (χ3v) is 2.46. The van der Waals surface area contributed by atoms with E-state index < -0.39 is 17.3 Å². The number of carbonyl (C=O) groups excluding carboxylic acids is 1. The summed E-state index contributed by atoms with van der Waals surface area (Å²) in [5.41, 5.74) is 5.23. The average Bonchev–Trinajstić information content (AvgIpc) is 2.11. The van der Waals surface area contributed by atoms with Crippen LogP contribution in [0.15, 0.2) is 0 Å². The number of amides is 1. The number of aliphatic carboxylic acids is 1. The zero-order valence-corrected chi connectivity index (χ0v) is 8.62. The van der Waals surface area contributed by atoms with Gasteiger partial charge in [0, 0.05) is 10.7 Å². The monoisotopic (exact) mass is 221 g/mol. The van der Waals surface area contributed by atoms with Gasteiger partial charge in [0.05, 0.1) is 4.76 Å². The van der Waals surface area contributed by atoms with Crippen LogP contribution in [0.1, 0.15) is 12.8 Å². The molecule has 0 fully saturated rings. The molecule has 0 saturated carbocycles. The van der Waals surface area contributed by atoms with Gasteiger partial charge in [-0.25, -0.2) is 4.79 Å². The topological polar surface area (TPSA) is 100 Å². The van der Waals surface area contributed by atoms with Crippen LogP contribution in [0.4, 0.5) is 4.79 Å². The maximum atomic E-state index is 10.8. The fourth-order valence-electron chi connectivity index (χ4n) is 0.677. The molecule has 0 aromatic heterocycles. The minimum Gasteiger partial charge on any atom is -0.480 e. The summed E-state index contributed by atoms with van der Waals surface area (Å²) in [4.78, 5) is 31.4. The number of rotatable bonds is 5. The molecule has 14 heavy (non-hydrogen) atoms. The molecule has 1 atom stereocenters. The minimum atomic E-state index is -1.05. The van der Waals surface area contributed by atoms with Crippen LogP contribution in [0, 0.1) is 4.91 Å². The first-order chi connectivity index (χ1) is 6.45. The van der Waals surface area contributed by atoms with E-state index in [-0.39, 0.29) is 4.76 Å². The highest BCUT2D eigenvalue weighted by atomic mass is 32.2. The van der Waals surface area contributed by atoms with Crippen molar-refractivity contribution >= 4 is 23.0 Å². The second-order valence-electron chi connectivity index (χ2n) is 2.70. The summed E-state index contributed by atoms with van der Waals surface area (Å²) >= 11 is 0.864. The summed E-state index contributed by atoms with van der Waals surface area (Å²) in [6, 6.07) is -0.893. The fraction of sp³-hybridized carbons (Fsp3) is 0.714. The van der Waals surface area contributed by atoms with Gasteiger partial charge < -0.3 is 10.8 Å². The molecule has 0 aliphatic carbocycles. The Morgan fingerprint density at radius 2 is 2.14 bits per heavy atom. The Morgan fingerprint density at radius 1 is 1.57 bits per heavy atom. The van der Waals surface area contributed by atoms with Gasteiger partial charge in [0.25, 0.3) is 0 Å². The largest absolute Gasteiger partial charge is 0.494 e. The highest BCUT2D eigenvalue weighted by Crippen LogP contribution is 2.08. The number of hydrogen-bond acceptors (Lipinski definition) is 5. The van der Waals surface area contributed by atoms with Gasteiger partial charge >= 0.3 is 11.2 Å². The molecular formula is C7H13N2O4S+. The first-order valence-corrected chi connectivity index (χ1v) is 4.99. The van der Waals surface area contributed by atoms with Gasteiger partial charge in [0.2, 0.25) is 0 Å². The van der Waals surface area contributed by atoms with Crippen LogP contribution in [0.25, 0.3) is 0 Å². The molecule has 3 N–H and O–H groups in total. The van der Waals surface area contributed by atoms with Crippen LogP contribution >= 0.6 is 11.8 Å². The molecular weight excluding hydrogens is 208 g/mol. The third-order valence-electron chi connectivity index (χ3n) is 1.46. The predicted octanol–water partition coefficient (Wildman–Crippen LogP) is 0.440. The van der Waals surface area contributed by atoms with Gasteiger partial charge in [0.1, 0.15) is 6.04 Å². The van der Waals surface area contributed by atoms with Crippen LogP contribution in [0.2, 0.25) is 0 Å². The molecule has 0 spiro atoms. The predicted molar refractivity (Wildman–Crippen MR) is 52.3 cm³/mol. The van der Waals surface area contributed by atoms with Gasteiger partial charge in [-0.2, -0.15) is 0 Å². The highest BCUT2D eigenvalue weighted by Gasteiger charge is 2.17. The minimum absolute atomic E-state index is 0.238.